The maximum absolute atomic E-state index is 6.03. The molecule has 0 amide bonds. The van der Waals surface area contributed by atoms with Crippen molar-refractivity contribution in [3.8, 4) is 11.1 Å². The first-order chi connectivity index (χ1) is 8.72. The van der Waals surface area contributed by atoms with Crippen LogP contribution in [0.2, 0.25) is 0 Å². The highest BCUT2D eigenvalue weighted by Gasteiger charge is 2.24. The Bertz CT molecular complexity index is 654. The minimum Gasteiger partial charge on any atom is -0.398 e. The van der Waals surface area contributed by atoms with E-state index in [1.807, 2.05) is 6.92 Å². The van der Waals surface area contributed by atoms with Crippen LogP contribution < -0.4 is 5.73 Å². The molecule has 2 N–H and O–H groups in total. The minimum absolute atomic E-state index is 0.789. The van der Waals surface area contributed by atoms with Crippen molar-refractivity contribution in [1.29, 1.82) is 0 Å². The first-order valence-electron chi connectivity index (χ1n) is 6.27. The summed E-state index contributed by atoms with van der Waals surface area (Å²) < 4.78 is 0. The Morgan fingerprint density at radius 3 is 2.44 bits per heavy atom. The highest BCUT2D eigenvalue weighted by atomic mass is 14.7. The first-order valence-corrected chi connectivity index (χ1v) is 6.27. The summed E-state index contributed by atoms with van der Waals surface area (Å²) in [6, 6.07) is 12.6. The van der Waals surface area contributed by atoms with Crippen LogP contribution in [0.25, 0.3) is 11.1 Å². The second kappa shape index (κ2) is 3.98. The van der Waals surface area contributed by atoms with E-state index in [1.54, 1.807) is 0 Å². The molecule has 3 rings (SSSR count). The summed E-state index contributed by atoms with van der Waals surface area (Å²) in [5.74, 6) is 0. The van der Waals surface area contributed by atoms with Crippen LogP contribution in [0.15, 0.2) is 41.4 Å². The molecule has 18 heavy (non-hydrogen) atoms. The second-order valence-corrected chi connectivity index (χ2v) is 4.62. The van der Waals surface area contributed by atoms with Crippen LogP contribution in [0, 0.1) is 6.92 Å². The molecule has 0 atom stereocenters. The van der Waals surface area contributed by atoms with E-state index in [1.165, 1.54) is 22.3 Å². The van der Waals surface area contributed by atoms with Crippen molar-refractivity contribution in [2.75, 3.05) is 12.3 Å². The van der Waals surface area contributed by atoms with E-state index in [0.29, 0.717) is 0 Å². The normalized spacial score (nSPS) is 14.7. The average molecular weight is 236 g/mol. The third kappa shape index (κ3) is 1.46. The quantitative estimate of drug-likeness (QED) is 0.646. The fourth-order valence-corrected chi connectivity index (χ4v) is 2.54. The van der Waals surface area contributed by atoms with Crippen molar-refractivity contribution >= 4 is 11.4 Å². The maximum Gasteiger partial charge on any atom is 0.0732 e. The molecule has 0 aromatic heterocycles. The Morgan fingerprint density at radius 2 is 1.72 bits per heavy atom. The zero-order valence-corrected chi connectivity index (χ0v) is 10.7. The van der Waals surface area contributed by atoms with Gasteiger partial charge in [-0.1, -0.05) is 24.3 Å². The maximum atomic E-state index is 6.03. The van der Waals surface area contributed by atoms with Crippen molar-refractivity contribution in [3.05, 3.63) is 53.1 Å². The molecule has 0 fully saturated rings. The molecule has 1 aliphatic carbocycles. The monoisotopic (exact) mass is 236 g/mol. The standard InChI is InChI=1S/C16H16N2/c1-3-18-16-12-7-5-4-6-11(12)13-8-10(2)15(17)9-14(13)16/h4-9H,3,17H2,1-2H3. The molecule has 0 aliphatic heterocycles. The molecule has 0 radical (unpaired) electrons. The molecule has 1 aliphatic rings. The van der Waals surface area contributed by atoms with E-state index in [0.717, 1.165) is 23.5 Å². The number of rotatable bonds is 1. The molecule has 0 saturated carbocycles. The zero-order chi connectivity index (χ0) is 12.7. The van der Waals surface area contributed by atoms with Gasteiger partial charge in [0.1, 0.15) is 0 Å². The van der Waals surface area contributed by atoms with Crippen molar-refractivity contribution in [2.24, 2.45) is 4.99 Å². The van der Waals surface area contributed by atoms with Crippen molar-refractivity contribution in [3.63, 3.8) is 0 Å². The van der Waals surface area contributed by atoms with Crippen LogP contribution in [0.1, 0.15) is 23.6 Å². The van der Waals surface area contributed by atoms with Gasteiger partial charge in [0.05, 0.1) is 5.71 Å². The molecular weight excluding hydrogens is 220 g/mol. The van der Waals surface area contributed by atoms with E-state index in [2.05, 4.69) is 48.3 Å². The largest absolute Gasteiger partial charge is 0.398 e. The number of nitrogen functional groups attached to an aromatic ring is 1. The summed E-state index contributed by atoms with van der Waals surface area (Å²) in [6.45, 7) is 4.90. The highest BCUT2D eigenvalue weighted by Crippen LogP contribution is 2.38. The second-order valence-electron chi connectivity index (χ2n) is 4.62. The molecular formula is C16H16N2. The number of hydrogen-bond acceptors (Lipinski definition) is 2. The predicted octanol–water partition coefficient (Wildman–Crippen LogP) is 3.41. The Morgan fingerprint density at radius 1 is 1.00 bits per heavy atom. The topological polar surface area (TPSA) is 38.4 Å². The van der Waals surface area contributed by atoms with Crippen LogP contribution in [0.3, 0.4) is 0 Å². The van der Waals surface area contributed by atoms with Gasteiger partial charge in [0.2, 0.25) is 0 Å². The number of nitrogens with two attached hydrogens (primary N) is 1. The lowest BCUT2D eigenvalue weighted by Gasteiger charge is -2.05. The van der Waals surface area contributed by atoms with Crippen molar-refractivity contribution in [2.45, 2.75) is 13.8 Å². The van der Waals surface area contributed by atoms with Crippen LogP contribution in [0.4, 0.5) is 5.69 Å². The minimum atomic E-state index is 0.789. The van der Waals surface area contributed by atoms with Gasteiger partial charge in [-0.3, -0.25) is 4.99 Å². The average Bonchev–Trinajstić information content (AvgIpc) is 2.66. The molecule has 2 aromatic rings. The van der Waals surface area contributed by atoms with E-state index in [4.69, 9.17) is 5.73 Å². The van der Waals surface area contributed by atoms with Gasteiger partial charge in [-0.05, 0) is 42.7 Å². The summed E-state index contributed by atoms with van der Waals surface area (Å²) in [6.07, 6.45) is 0. The van der Waals surface area contributed by atoms with Gasteiger partial charge in [-0.25, -0.2) is 0 Å². The Kier molecular flexibility index (Phi) is 2.44. The molecule has 90 valence electrons. The lowest BCUT2D eigenvalue weighted by molar-refractivity contribution is 1.13. The first kappa shape index (κ1) is 11.0. The van der Waals surface area contributed by atoms with Gasteiger partial charge in [0.25, 0.3) is 0 Å². The summed E-state index contributed by atoms with van der Waals surface area (Å²) in [7, 11) is 0. The van der Waals surface area contributed by atoms with Gasteiger partial charge >= 0.3 is 0 Å². The lowest BCUT2D eigenvalue weighted by Crippen LogP contribution is -2.00. The fraction of sp³-hybridized carbons (Fsp3) is 0.188. The van der Waals surface area contributed by atoms with Gasteiger partial charge in [0.15, 0.2) is 0 Å². The molecule has 2 heteroatoms. The number of benzene rings is 2. The summed E-state index contributed by atoms with van der Waals surface area (Å²) >= 11 is 0. The molecule has 0 spiro atoms. The molecule has 2 nitrogen and oxygen atoms in total. The van der Waals surface area contributed by atoms with Gasteiger partial charge in [-0.2, -0.15) is 0 Å². The van der Waals surface area contributed by atoms with Gasteiger partial charge in [0, 0.05) is 23.4 Å². The van der Waals surface area contributed by atoms with E-state index in [9.17, 15) is 0 Å². The Balaban J connectivity index is 2.35. The van der Waals surface area contributed by atoms with Crippen LogP contribution in [-0.4, -0.2) is 12.3 Å². The number of aliphatic imine (C=N–C) groups is 1. The number of nitrogens with zero attached hydrogens (tertiary/aromatic N) is 1. The summed E-state index contributed by atoms with van der Waals surface area (Å²) in [5, 5.41) is 0. The summed E-state index contributed by atoms with van der Waals surface area (Å²) in [4.78, 5) is 4.64. The molecule has 0 bridgehead atoms. The number of fused-ring (bicyclic) bond motifs is 3. The third-order valence-electron chi connectivity index (χ3n) is 3.45. The zero-order valence-electron chi connectivity index (χ0n) is 10.7. The van der Waals surface area contributed by atoms with Crippen LogP contribution >= 0.6 is 0 Å². The molecule has 0 saturated heterocycles. The van der Waals surface area contributed by atoms with E-state index >= 15 is 0 Å². The lowest BCUT2D eigenvalue weighted by atomic mass is 10.0. The molecule has 0 heterocycles. The van der Waals surface area contributed by atoms with Crippen LogP contribution in [-0.2, 0) is 0 Å². The van der Waals surface area contributed by atoms with E-state index < -0.39 is 0 Å². The fourth-order valence-electron chi connectivity index (χ4n) is 2.54. The van der Waals surface area contributed by atoms with Gasteiger partial charge < -0.3 is 5.73 Å². The molecule has 0 unspecified atom stereocenters. The third-order valence-corrected chi connectivity index (χ3v) is 3.45. The van der Waals surface area contributed by atoms with Gasteiger partial charge in [-0.15, -0.1) is 0 Å². The number of hydrogen-bond donors (Lipinski definition) is 1. The summed E-state index contributed by atoms with van der Waals surface area (Å²) in [5.41, 5.74) is 14.0. The Hall–Kier alpha value is -2.09. The SMILES string of the molecule is CCN=C1c2ccccc2-c2cc(C)c(N)cc21. The van der Waals surface area contributed by atoms with Crippen molar-refractivity contribution in [1.82, 2.24) is 0 Å². The molecule has 2 aromatic carbocycles. The number of anilines is 1. The van der Waals surface area contributed by atoms with E-state index in [-0.39, 0.29) is 0 Å². The highest BCUT2D eigenvalue weighted by molar-refractivity contribution is 6.24. The smallest absolute Gasteiger partial charge is 0.0732 e. The predicted molar refractivity (Wildman–Crippen MR) is 77.2 cm³/mol. The Labute approximate surface area is 107 Å². The van der Waals surface area contributed by atoms with Crippen LogP contribution in [0.5, 0.6) is 0 Å². The van der Waals surface area contributed by atoms with Crippen molar-refractivity contribution < 1.29 is 0 Å². The number of aryl methyl sites for hydroxylation is 1.